The summed E-state index contributed by atoms with van der Waals surface area (Å²) in [6.45, 7) is 2.35. The average molecular weight is 389 g/mol. The Labute approximate surface area is 160 Å². The Bertz CT molecular complexity index is 822. The van der Waals surface area contributed by atoms with Crippen LogP contribution in [0.15, 0.2) is 18.2 Å². The predicted molar refractivity (Wildman–Crippen MR) is 98.4 cm³/mol. The van der Waals surface area contributed by atoms with Crippen LogP contribution in [0.25, 0.3) is 0 Å². The van der Waals surface area contributed by atoms with Crippen LogP contribution in [-0.2, 0) is 9.59 Å². The Morgan fingerprint density at radius 2 is 1.81 bits per heavy atom. The Kier molecular flexibility index (Phi) is 5.59. The van der Waals surface area contributed by atoms with Crippen molar-refractivity contribution >= 4 is 40.6 Å². The van der Waals surface area contributed by atoms with Crippen LogP contribution in [0.2, 0.25) is 0 Å². The van der Waals surface area contributed by atoms with E-state index in [9.17, 15) is 24.0 Å². The van der Waals surface area contributed by atoms with Crippen molar-refractivity contribution in [1.82, 2.24) is 15.1 Å². The highest BCUT2D eigenvalue weighted by Gasteiger charge is 2.35. The molecule has 0 unspecified atom stereocenters. The number of nitrogens with one attached hydrogen (secondary N) is 1. The second-order valence-electron chi connectivity index (χ2n) is 6.36. The number of aryl methyl sites for hydroxylation is 1. The number of hydrogen-bond acceptors (Lipinski definition) is 6. The maximum atomic E-state index is 12.3. The molecule has 0 spiro atoms. The Morgan fingerprint density at radius 1 is 1.07 bits per heavy atom. The van der Waals surface area contributed by atoms with Crippen molar-refractivity contribution in [3.8, 4) is 0 Å². The maximum Gasteiger partial charge on any atom is 0.288 e. The highest BCUT2D eigenvalue weighted by atomic mass is 32.2. The Balaban J connectivity index is 1.42. The molecule has 0 aliphatic carbocycles. The highest BCUT2D eigenvalue weighted by Crippen LogP contribution is 2.24. The van der Waals surface area contributed by atoms with E-state index in [0.717, 1.165) is 27.1 Å². The Morgan fingerprint density at radius 3 is 2.52 bits per heavy atom. The lowest BCUT2D eigenvalue weighted by atomic mass is 10.1. The Hall–Kier alpha value is -2.68. The third kappa shape index (κ3) is 4.02. The molecule has 1 saturated heterocycles. The number of amides is 5. The minimum Gasteiger partial charge on any atom is -0.354 e. The van der Waals surface area contributed by atoms with Gasteiger partial charge in [-0.05, 0) is 25.5 Å². The number of fused-ring (bicyclic) bond motifs is 1. The van der Waals surface area contributed by atoms with Gasteiger partial charge in [0.2, 0.25) is 11.8 Å². The standard InChI is InChI=1S/C18H19N3O5S/c1-11-4-5-12-13(9-11)17(25)21(16(12)24)7-2-3-14(22)19-6-8-20-15(23)10-27-18(20)26/h4-5,9H,2-3,6-8,10H2,1H3,(H,19,22). The minimum absolute atomic E-state index is 0.142. The third-order valence-corrected chi connectivity index (χ3v) is 5.27. The van der Waals surface area contributed by atoms with E-state index in [4.69, 9.17) is 0 Å². The molecule has 0 aromatic heterocycles. The number of hydrogen-bond donors (Lipinski definition) is 1. The molecule has 2 aliphatic rings. The molecule has 0 bridgehead atoms. The molecule has 5 amide bonds. The molecule has 9 heteroatoms. The third-order valence-electron chi connectivity index (χ3n) is 4.41. The van der Waals surface area contributed by atoms with Gasteiger partial charge in [-0.1, -0.05) is 23.4 Å². The topological polar surface area (TPSA) is 104 Å². The monoisotopic (exact) mass is 389 g/mol. The molecule has 0 atom stereocenters. The molecule has 3 rings (SSSR count). The van der Waals surface area contributed by atoms with Crippen molar-refractivity contribution in [3.63, 3.8) is 0 Å². The molecule has 1 aromatic carbocycles. The summed E-state index contributed by atoms with van der Waals surface area (Å²) in [5.41, 5.74) is 1.71. The van der Waals surface area contributed by atoms with Crippen LogP contribution < -0.4 is 5.32 Å². The summed E-state index contributed by atoms with van der Waals surface area (Å²) in [6.07, 6.45) is 0.483. The molecule has 1 fully saturated rings. The summed E-state index contributed by atoms with van der Waals surface area (Å²) in [6, 6.07) is 5.13. The highest BCUT2D eigenvalue weighted by molar-refractivity contribution is 8.14. The largest absolute Gasteiger partial charge is 0.354 e. The van der Waals surface area contributed by atoms with Crippen molar-refractivity contribution in [2.45, 2.75) is 19.8 Å². The summed E-state index contributed by atoms with van der Waals surface area (Å²) in [7, 11) is 0. The van der Waals surface area contributed by atoms with E-state index in [1.165, 1.54) is 0 Å². The second kappa shape index (κ2) is 7.91. The zero-order chi connectivity index (χ0) is 19.6. The number of benzene rings is 1. The lowest BCUT2D eigenvalue weighted by Crippen LogP contribution is -2.37. The molecule has 8 nitrogen and oxygen atoms in total. The molecule has 0 radical (unpaired) electrons. The van der Waals surface area contributed by atoms with E-state index in [1.807, 2.05) is 6.92 Å². The molecule has 27 heavy (non-hydrogen) atoms. The first kappa shape index (κ1) is 19.1. The fourth-order valence-electron chi connectivity index (χ4n) is 3.00. The quantitative estimate of drug-likeness (QED) is 0.703. The maximum absolute atomic E-state index is 12.3. The number of carbonyl (C=O) groups excluding carboxylic acids is 5. The van der Waals surface area contributed by atoms with E-state index in [-0.39, 0.29) is 60.7 Å². The van der Waals surface area contributed by atoms with Crippen LogP contribution in [0.1, 0.15) is 39.1 Å². The number of carbonyl (C=O) groups is 5. The summed E-state index contributed by atoms with van der Waals surface area (Å²) in [5, 5.41) is 2.34. The van der Waals surface area contributed by atoms with Gasteiger partial charge in [0.05, 0.1) is 16.9 Å². The molecular formula is C18H19N3O5S. The van der Waals surface area contributed by atoms with Gasteiger partial charge in [0.25, 0.3) is 17.1 Å². The van der Waals surface area contributed by atoms with Gasteiger partial charge >= 0.3 is 0 Å². The molecule has 0 saturated carbocycles. The van der Waals surface area contributed by atoms with Crippen LogP contribution in [-0.4, -0.2) is 64.1 Å². The minimum atomic E-state index is -0.334. The van der Waals surface area contributed by atoms with Gasteiger partial charge in [-0.2, -0.15) is 0 Å². The zero-order valence-electron chi connectivity index (χ0n) is 14.8. The molecule has 1 N–H and O–H groups in total. The van der Waals surface area contributed by atoms with Crippen molar-refractivity contribution in [2.75, 3.05) is 25.4 Å². The SMILES string of the molecule is Cc1ccc2c(c1)C(=O)N(CCCC(=O)NCCN1C(=O)CSC1=O)C2=O. The van der Waals surface area contributed by atoms with Gasteiger partial charge in [0, 0.05) is 26.1 Å². The van der Waals surface area contributed by atoms with Gasteiger partial charge in [-0.15, -0.1) is 0 Å². The van der Waals surface area contributed by atoms with Crippen LogP contribution in [0.5, 0.6) is 0 Å². The van der Waals surface area contributed by atoms with Gasteiger partial charge in [0.15, 0.2) is 0 Å². The van der Waals surface area contributed by atoms with Crippen LogP contribution in [0.4, 0.5) is 4.79 Å². The van der Waals surface area contributed by atoms with Gasteiger partial charge in [0.1, 0.15) is 0 Å². The van der Waals surface area contributed by atoms with E-state index in [0.29, 0.717) is 17.5 Å². The fourth-order valence-corrected chi connectivity index (χ4v) is 3.75. The predicted octanol–water partition coefficient (Wildman–Crippen LogP) is 1.18. The number of imide groups is 2. The molecular weight excluding hydrogens is 370 g/mol. The lowest BCUT2D eigenvalue weighted by Gasteiger charge is -2.14. The molecule has 2 aliphatic heterocycles. The fraction of sp³-hybridized carbons (Fsp3) is 0.389. The summed E-state index contributed by atoms with van der Waals surface area (Å²) >= 11 is 0.952. The van der Waals surface area contributed by atoms with E-state index in [1.54, 1.807) is 18.2 Å². The second-order valence-corrected chi connectivity index (χ2v) is 7.29. The van der Waals surface area contributed by atoms with E-state index in [2.05, 4.69) is 5.32 Å². The first-order chi connectivity index (χ1) is 12.9. The van der Waals surface area contributed by atoms with Crippen LogP contribution in [0.3, 0.4) is 0 Å². The lowest BCUT2D eigenvalue weighted by molar-refractivity contribution is -0.125. The average Bonchev–Trinajstić information content (AvgIpc) is 3.07. The summed E-state index contributed by atoms with van der Waals surface area (Å²) in [5.74, 6) is -1.03. The normalized spacial score (nSPS) is 16.3. The molecule has 1 aromatic rings. The van der Waals surface area contributed by atoms with Crippen molar-refractivity contribution in [2.24, 2.45) is 0 Å². The summed E-state index contributed by atoms with van der Waals surface area (Å²) in [4.78, 5) is 61.7. The van der Waals surface area contributed by atoms with E-state index < -0.39 is 0 Å². The van der Waals surface area contributed by atoms with Gasteiger partial charge in [-0.25, -0.2) is 0 Å². The number of rotatable bonds is 7. The van der Waals surface area contributed by atoms with Crippen molar-refractivity contribution in [3.05, 3.63) is 34.9 Å². The van der Waals surface area contributed by atoms with Crippen molar-refractivity contribution in [1.29, 1.82) is 0 Å². The van der Waals surface area contributed by atoms with Crippen LogP contribution in [0, 0.1) is 6.92 Å². The van der Waals surface area contributed by atoms with Gasteiger partial charge < -0.3 is 5.32 Å². The van der Waals surface area contributed by atoms with Gasteiger partial charge in [-0.3, -0.25) is 33.8 Å². The summed E-state index contributed by atoms with van der Waals surface area (Å²) < 4.78 is 0. The zero-order valence-corrected chi connectivity index (χ0v) is 15.6. The first-order valence-electron chi connectivity index (χ1n) is 8.59. The van der Waals surface area contributed by atoms with Crippen LogP contribution >= 0.6 is 11.8 Å². The van der Waals surface area contributed by atoms with Crippen molar-refractivity contribution < 1.29 is 24.0 Å². The smallest absolute Gasteiger partial charge is 0.288 e. The first-order valence-corrected chi connectivity index (χ1v) is 9.57. The number of thioether (sulfide) groups is 1. The molecule has 2 heterocycles. The molecule has 142 valence electrons. The number of nitrogens with zero attached hydrogens (tertiary/aromatic N) is 2. The van der Waals surface area contributed by atoms with E-state index >= 15 is 0 Å².